The second-order valence-electron chi connectivity index (χ2n) is 9.00. The van der Waals surface area contributed by atoms with Crippen molar-refractivity contribution in [2.24, 2.45) is 16.0 Å². The zero-order valence-electron chi connectivity index (χ0n) is 15.1. The summed E-state index contributed by atoms with van der Waals surface area (Å²) in [6.45, 7) is 7.65. The zero-order valence-corrected chi connectivity index (χ0v) is 15.1. The van der Waals surface area contributed by atoms with Crippen LogP contribution in [0.4, 0.5) is 4.39 Å². The summed E-state index contributed by atoms with van der Waals surface area (Å²) >= 11 is 0. The number of halogens is 1. The largest absolute Gasteiger partial charge is 0.382 e. The molecule has 1 aromatic rings. The minimum Gasteiger partial charge on any atom is -0.382 e. The summed E-state index contributed by atoms with van der Waals surface area (Å²) in [4.78, 5) is 20.5. The molecule has 4 rings (SSSR count). The van der Waals surface area contributed by atoms with Crippen LogP contribution in [0.3, 0.4) is 0 Å². The molecule has 1 aliphatic carbocycles. The first kappa shape index (κ1) is 16.6. The maximum Gasteiger partial charge on any atom is 0.267 e. The lowest BCUT2D eigenvalue weighted by Gasteiger charge is -2.39. The van der Waals surface area contributed by atoms with Crippen LogP contribution in [-0.4, -0.2) is 35.2 Å². The van der Waals surface area contributed by atoms with Gasteiger partial charge in [0.15, 0.2) is 0 Å². The summed E-state index contributed by atoms with van der Waals surface area (Å²) in [6.07, 6.45) is 2.95. The molecule has 3 aliphatic rings. The van der Waals surface area contributed by atoms with Crippen molar-refractivity contribution in [3.63, 3.8) is 0 Å². The van der Waals surface area contributed by atoms with Gasteiger partial charge in [0, 0.05) is 24.6 Å². The number of hydrogen-bond acceptors (Lipinski definition) is 3. The lowest BCUT2D eigenvalue weighted by atomic mass is 9.65. The SMILES string of the molecule is CC1(C)C[C@H]2C[C@@](C)(CN2C(=O)[C@H]2CC(c3ccccc3F)=NO2)C1. The van der Waals surface area contributed by atoms with Crippen LogP contribution in [0.15, 0.2) is 29.4 Å². The minimum absolute atomic E-state index is 0.00140. The predicted octanol–water partition coefficient (Wildman–Crippen LogP) is 3.75. The van der Waals surface area contributed by atoms with E-state index in [2.05, 4.69) is 25.9 Å². The molecule has 25 heavy (non-hydrogen) atoms. The van der Waals surface area contributed by atoms with Crippen molar-refractivity contribution in [1.29, 1.82) is 0 Å². The van der Waals surface area contributed by atoms with Gasteiger partial charge < -0.3 is 9.74 Å². The third kappa shape index (κ3) is 2.94. The number of nitrogens with zero attached hydrogens (tertiary/aromatic N) is 2. The maximum absolute atomic E-state index is 14.0. The van der Waals surface area contributed by atoms with E-state index in [1.807, 2.05) is 4.90 Å². The van der Waals surface area contributed by atoms with Crippen LogP contribution in [-0.2, 0) is 9.63 Å². The second-order valence-corrected chi connectivity index (χ2v) is 9.00. The van der Waals surface area contributed by atoms with Crippen molar-refractivity contribution in [3.05, 3.63) is 35.6 Å². The fourth-order valence-electron chi connectivity index (χ4n) is 5.27. The van der Waals surface area contributed by atoms with Gasteiger partial charge in [0.1, 0.15) is 5.82 Å². The van der Waals surface area contributed by atoms with Crippen LogP contribution < -0.4 is 0 Å². The summed E-state index contributed by atoms with van der Waals surface area (Å²) in [5, 5.41) is 4.00. The average molecular weight is 344 g/mol. The molecule has 0 N–H and O–H groups in total. The molecule has 134 valence electrons. The number of rotatable bonds is 2. The van der Waals surface area contributed by atoms with Crippen LogP contribution in [0.5, 0.6) is 0 Å². The smallest absolute Gasteiger partial charge is 0.267 e. The van der Waals surface area contributed by atoms with Crippen molar-refractivity contribution >= 4 is 11.6 Å². The summed E-state index contributed by atoms with van der Waals surface area (Å²) in [6, 6.07) is 6.77. The number of amides is 1. The highest BCUT2D eigenvalue weighted by atomic mass is 19.1. The lowest BCUT2D eigenvalue weighted by Crippen LogP contribution is -2.43. The number of oxime groups is 1. The molecule has 0 aromatic heterocycles. The molecule has 2 bridgehead atoms. The van der Waals surface area contributed by atoms with Gasteiger partial charge in [-0.25, -0.2) is 4.39 Å². The summed E-state index contributed by atoms with van der Waals surface area (Å²) in [5.74, 6) is -0.328. The molecule has 1 amide bonds. The van der Waals surface area contributed by atoms with E-state index in [0.717, 1.165) is 25.8 Å². The van der Waals surface area contributed by atoms with Gasteiger partial charge in [-0.15, -0.1) is 0 Å². The van der Waals surface area contributed by atoms with Crippen LogP contribution in [0.25, 0.3) is 0 Å². The van der Waals surface area contributed by atoms with Gasteiger partial charge in [0.05, 0.1) is 5.71 Å². The Bertz CT molecular complexity index is 745. The first-order valence-electron chi connectivity index (χ1n) is 9.05. The topological polar surface area (TPSA) is 41.9 Å². The molecule has 2 heterocycles. The van der Waals surface area contributed by atoms with E-state index < -0.39 is 6.10 Å². The minimum atomic E-state index is -0.624. The predicted molar refractivity (Wildman–Crippen MR) is 93.7 cm³/mol. The highest BCUT2D eigenvalue weighted by molar-refractivity contribution is 6.04. The van der Waals surface area contributed by atoms with Crippen molar-refractivity contribution in [3.8, 4) is 0 Å². The number of benzene rings is 1. The number of carbonyl (C=O) groups is 1. The van der Waals surface area contributed by atoms with E-state index in [-0.39, 0.29) is 28.6 Å². The quantitative estimate of drug-likeness (QED) is 0.820. The summed E-state index contributed by atoms with van der Waals surface area (Å²) in [7, 11) is 0. The fourth-order valence-corrected chi connectivity index (χ4v) is 5.27. The van der Waals surface area contributed by atoms with Gasteiger partial charge >= 0.3 is 0 Å². The molecule has 4 nitrogen and oxygen atoms in total. The third-order valence-corrected chi connectivity index (χ3v) is 5.83. The van der Waals surface area contributed by atoms with E-state index >= 15 is 0 Å². The summed E-state index contributed by atoms with van der Waals surface area (Å²) in [5.41, 5.74) is 1.39. The van der Waals surface area contributed by atoms with Gasteiger partial charge in [-0.2, -0.15) is 0 Å². The second kappa shape index (κ2) is 5.55. The van der Waals surface area contributed by atoms with Crippen LogP contribution >= 0.6 is 0 Å². The first-order valence-corrected chi connectivity index (χ1v) is 9.05. The Morgan fingerprint density at radius 2 is 2.04 bits per heavy atom. The Morgan fingerprint density at radius 1 is 1.28 bits per heavy atom. The normalized spacial score (nSPS) is 33.1. The van der Waals surface area contributed by atoms with E-state index in [1.165, 1.54) is 6.07 Å². The molecule has 0 radical (unpaired) electrons. The zero-order chi connectivity index (χ0) is 17.8. The molecule has 3 atom stereocenters. The number of carbonyl (C=O) groups excluding carboxylic acids is 1. The number of fused-ring (bicyclic) bond motifs is 2. The van der Waals surface area contributed by atoms with Gasteiger partial charge in [-0.3, -0.25) is 4.79 Å². The lowest BCUT2D eigenvalue weighted by molar-refractivity contribution is -0.143. The Morgan fingerprint density at radius 3 is 2.80 bits per heavy atom. The molecular formula is C20H25FN2O2. The molecule has 2 fully saturated rings. The van der Waals surface area contributed by atoms with Crippen LogP contribution in [0.1, 0.15) is 52.0 Å². The third-order valence-electron chi connectivity index (χ3n) is 5.83. The average Bonchev–Trinajstić information content (AvgIpc) is 3.09. The van der Waals surface area contributed by atoms with E-state index in [9.17, 15) is 9.18 Å². The standard InChI is InChI=1S/C20H25FN2O2/c1-19(2)9-13-10-20(3,11-19)12-23(13)18(24)17-8-16(22-25-17)14-6-4-5-7-15(14)21/h4-7,13,17H,8-12H2,1-3H3/t13-,17+,20+/m0/s1. The molecule has 0 unspecified atom stereocenters. The van der Waals surface area contributed by atoms with E-state index in [1.54, 1.807) is 18.2 Å². The van der Waals surface area contributed by atoms with Gasteiger partial charge in [0.2, 0.25) is 6.10 Å². The van der Waals surface area contributed by atoms with Crippen LogP contribution in [0.2, 0.25) is 0 Å². The molecule has 2 aliphatic heterocycles. The molecule has 1 saturated carbocycles. The molecular weight excluding hydrogens is 319 g/mol. The van der Waals surface area contributed by atoms with Gasteiger partial charge in [-0.05, 0) is 36.2 Å². The number of likely N-dealkylation sites (tertiary alicyclic amines) is 1. The highest BCUT2D eigenvalue weighted by Gasteiger charge is 2.52. The van der Waals surface area contributed by atoms with Gasteiger partial charge in [0.25, 0.3) is 5.91 Å². The molecule has 1 aromatic carbocycles. The summed E-state index contributed by atoms with van der Waals surface area (Å²) < 4.78 is 14.0. The molecule has 0 spiro atoms. The first-order chi connectivity index (χ1) is 11.8. The molecule has 5 heteroatoms. The van der Waals surface area contributed by atoms with Crippen molar-refractivity contribution in [2.45, 2.75) is 58.6 Å². The molecule has 1 saturated heterocycles. The highest BCUT2D eigenvalue weighted by Crippen LogP contribution is 2.52. The van der Waals surface area contributed by atoms with Crippen molar-refractivity contribution < 1.29 is 14.0 Å². The monoisotopic (exact) mass is 344 g/mol. The fraction of sp³-hybridized carbons (Fsp3) is 0.600. The van der Waals surface area contributed by atoms with Crippen molar-refractivity contribution in [2.75, 3.05) is 6.54 Å². The number of hydrogen-bond donors (Lipinski definition) is 0. The Kier molecular flexibility index (Phi) is 3.67. The van der Waals surface area contributed by atoms with E-state index in [0.29, 0.717) is 17.7 Å². The Labute approximate surface area is 148 Å². The Balaban J connectivity index is 1.48. The van der Waals surface area contributed by atoms with E-state index in [4.69, 9.17) is 4.84 Å². The van der Waals surface area contributed by atoms with Gasteiger partial charge in [-0.1, -0.05) is 44.1 Å². The Hall–Kier alpha value is -1.91. The van der Waals surface area contributed by atoms with Crippen molar-refractivity contribution in [1.82, 2.24) is 4.90 Å². The van der Waals surface area contributed by atoms with Crippen LogP contribution in [0, 0.1) is 16.6 Å². The maximum atomic E-state index is 14.0.